The monoisotopic (exact) mass is 266 g/mol. The fourth-order valence-corrected chi connectivity index (χ4v) is 2.12. The molecule has 0 saturated heterocycles. The average Bonchev–Trinajstić information content (AvgIpc) is 2.66. The molecule has 4 nitrogen and oxygen atoms in total. The third-order valence-electron chi connectivity index (χ3n) is 2.69. The van der Waals surface area contributed by atoms with Crippen LogP contribution in [-0.2, 0) is 18.0 Å². The number of hydrogen-bond acceptors (Lipinski definition) is 3. The summed E-state index contributed by atoms with van der Waals surface area (Å²) in [4.78, 5) is 0. The molecule has 0 unspecified atom stereocenters. The van der Waals surface area contributed by atoms with E-state index < -0.39 is 0 Å². The van der Waals surface area contributed by atoms with E-state index in [2.05, 4.69) is 5.10 Å². The zero-order valence-electron chi connectivity index (χ0n) is 10.4. The number of benzene rings is 1. The van der Waals surface area contributed by atoms with Crippen molar-refractivity contribution < 1.29 is 9.84 Å². The normalized spacial score (nSPS) is 10.9. The topological polar surface area (TPSA) is 47.3 Å². The summed E-state index contributed by atoms with van der Waals surface area (Å²) in [7, 11) is 1.58. The molecule has 0 atom stereocenters. The van der Waals surface area contributed by atoms with Crippen LogP contribution in [0.15, 0.2) is 24.3 Å². The third-order valence-corrected chi connectivity index (χ3v) is 3.08. The lowest BCUT2D eigenvalue weighted by atomic mass is 10.2. The van der Waals surface area contributed by atoms with Crippen LogP contribution in [0.25, 0.3) is 5.69 Å². The highest BCUT2D eigenvalue weighted by molar-refractivity contribution is 6.30. The zero-order valence-corrected chi connectivity index (χ0v) is 11.1. The number of hydrogen-bond donors (Lipinski definition) is 1. The maximum absolute atomic E-state index is 9.35. The molecular formula is C13H15ClN2O2. The van der Waals surface area contributed by atoms with Gasteiger partial charge < -0.3 is 9.84 Å². The van der Waals surface area contributed by atoms with Crippen LogP contribution in [0.4, 0.5) is 0 Å². The van der Waals surface area contributed by atoms with Crippen LogP contribution in [-0.4, -0.2) is 22.0 Å². The average molecular weight is 267 g/mol. The Morgan fingerprint density at radius 1 is 1.44 bits per heavy atom. The molecule has 0 saturated carbocycles. The van der Waals surface area contributed by atoms with Crippen molar-refractivity contribution in [3.8, 4) is 5.69 Å². The van der Waals surface area contributed by atoms with Gasteiger partial charge in [0, 0.05) is 12.7 Å². The molecule has 0 amide bonds. The molecule has 2 aromatic rings. The molecular weight excluding hydrogens is 252 g/mol. The standard InChI is InChI=1S/C13H15ClN2O2/c1-9-4-3-5-10(6-9)16-13(14)11(7-17)12(15-16)8-18-2/h3-6,17H,7-8H2,1-2H3. The van der Waals surface area contributed by atoms with E-state index in [9.17, 15) is 5.11 Å². The summed E-state index contributed by atoms with van der Waals surface area (Å²) >= 11 is 6.24. The number of nitrogens with zero attached hydrogens (tertiary/aromatic N) is 2. The lowest BCUT2D eigenvalue weighted by Crippen LogP contribution is -1.98. The van der Waals surface area contributed by atoms with Gasteiger partial charge in [-0.15, -0.1) is 0 Å². The Hall–Kier alpha value is -1.36. The van der Waals surface area contributed by atoms with Crippen molar-refractivity contribution in [2.45, 2.75) is 20.1 Å². The lowest BCUT2D eigenvalue weighted by molar-refractivity contribution is 0.178. The van der Waals surface area contributed by atoms with E-state index in [1.807, 2.05) is 31.2 Å². The van der Waals surface area contributed by atoms with Gasteiger partial charge in [-0.3, -0.25) is 0 Å². The molecule has 0 radical (unpaired) electrons. The van der Waals surface area contributed by atoms with Crippen molar-refractivity contribution >= 4 is 11.6 Å². The maximum atomic E-state index is 9.35. The van der Waals surface area contributed by atoms with Crippen LogP contribution < -0.4 is 0 Å². The summed E-state index contributed by atoms with van der Waals surface area (Å²) < 4.78 is 6.67. The SMILES string of the molecule is COCc1nn(-c2cccc(C)c2)c(Cl)c1CO. The quantitative estimate of drug-likeness (QED) is 0.925. The van der Waals surface area contributed by atoms with Gasteiger partial charge in [0.1, 0.15) is 5.15 Å². The number of aliphatic hydroxyl groups is 1. The maximum Gasteiger partial charge on any atom is 0.138 e. The Balaban J connectivity index is 2.51. The van der Waals surface area contributed by atoms with Crippen LogP contribution in [0.5, 0.6) is 0 Å². The molecule has 5 heteroatoms. The Morgan fingerprint density at radius 3 is 2.83 bits per heavy atom. The van der Waals surface area contributed by atoms with Crippen LogP contribution in [0.1, 0.15) is 16.8 Å². The first-order valence-corrected chi connectivity index (χ1v) is 5.98. The molecule has 0 aliphatic heterocycles. The van der Waals surface area contributed by atoms with Gasteiger partial charge >= 0.3 is 0 Å². The summed E-state index contributed by atoms with van der Waals surface area (Å²) in [6, 6.07) is 7.85. The van der Waals surface area contributed by atoms with Crippen LogP contribution in [0.3, 0.4) is 0 Å². The van der Waals surface area contributed by atoms with Crippen LogP contribution >= 0.6 is 11.6 Å². The molecule has 1 heterocycles. The first kappa shape index (κ1) is 13.1. The van der Waals surface area contributed by atoms with Crippen LogP contribution in [0, 0.1) is 6.92 Å². The van der Waals surface area contributed by atoms with E-state index in [1.165, 1.54) is 0 Å². The van der Waals surface area contributed by atoms with Gasteiger partial charge in [-0.2, -0.15) is 5.10 Å². The summed E-state index contributed by atoms with van der Waals surface area (Å²) in [5, 5.41) is 14.2. The van der Waals surface area contributed by atoms with E-state index in [4.69, 9.17) is 16.3 Å². The van der Waals surface area contributed by atoms with Gasteiger partial charge in [0.05, 0.1) is 24.6 Å². The Bertz CT molecular complexity index is 552. The first-order chi connectivity index (χ1) is 8.67. The fourth-order valence-electron chi connectivity index (χ4n) is 1.81. The van der Waals surface area contributed by atoms with Crippen molar-refractivity contribution in [1.29, 1.82) is 0 Å². The molecule has 0 spiro atoms. The Kier molecular flexibility index (Phi) is 4.01. The Labute approximate surface area is 111 Å². The van der Waals surface area contributed by atoms with Gasteiger partial charge in [0.2, 0.25) is 0 Å². The zero-order chi connectivity index (χ0) is 13.1. The number of aliphatic hydroxyl groups excluding tert-OH is 1. The fraction of sp³-hybridized carbons (Fsp3) is 0.308. The van der Waals surface area contributed by atoms with Gasteiger partial charge in [0.25, 0.3) is 0 Å². The molecule has 0 bridgehead atoms. The molecule has 1 aromatic heterocycles. The smallest absolute Gasteiger partial charge is 0.138 e. The van der Waals surface area contributed by atoms with E-state index >= 15 is 0 Å². The van der Waals surface area contributed by atoms with Crippen molar-refractivity contribution in [1.82, 2.24) is 9.78 Å². The van der Waals surface area contributed by atoms with Crippen molar-refractivity contribution in [3.05, 3.63) is 46.2 Å². The van der Waals surface area contributed by atoms with Crippen molar-refractivity contribution in [2.24, 2.45) is 0 Å². The first-order valence-electron chi connectivity index (χ1n) is 5.60. The van der Waals surface area contributed by atoms with Crippen LogP contribution in [0.2, 0.25) is 5.15 Å². The molecule has 0 aliphatic carbocycles. The molecule has 18 heavy (non-hydrogen) atoms. The number of aromatic nitrogens is 2. The predicted octanol–water partition coefficient (Wildman–Crippen LogP) is 2.47. The molecule has 2 rings (SSSR count). The summed E-state index contributed by atoms with van der Waals surface area (Å²) in [6.07, 6.45) is 0. The minimum Gasteiger partial charge on any atom is -0.391 e. The second kappa shape index (κ2) is 5.52. The molecule has 1 N–H and O–H groups in total. The van der Waals surface area contributed by atoms with Crippen molar-refractivity contribution in [2.75, 3.05) is 7.11 Å². The number of aryl methyl sites for hydroxylation is 1. The molecule has 96 valence electrons. The number of ether oxygens (including phenoxy) is 1. The molecule has 1 aromatic carbocycles. The lowest BCUT2D eigenvalue weighted by Gasteiger charge is -2.04. The largest absolute Gasteiger partial charge is 0.391 e. The van der Waals surface area contributed by atoms with Gasteiger partial charge in [-0.25, -0.2) is 4.68 Å². The number of methoxy groups -OCH3 is 1. The van der Waals surface area contributed by atoms with E-state index in [-0.39, 0.29) is 6.61 Å². The summed E-state index contributed by atoms with van der Waals surface area (Å²) in [6.45, 7) is 2.18. The highest BCUT2D eigenvalue weighted by Gasteiger charge is 2.16. The van der Waals surface area contributed by atoms with Gasteiger partial charge in [-0.05, 0) is 24.6 Å². The third kappa shape index (κ3) is 2.41. The molecule has 0 fully saturated rings. The minimum absolute atomic E-state index is 0.149. The van der Waals surface area contributed by atoms with Crippen molar-refractivity contribution in [3.63, 3.8) is 0 Å². The second-order valence-corrected chi connectivity index (χ2v) is 4.42. The second-order valence-electron chi connectivity index (χ2n) is 4.06. The predicted molar refractivity (Wildman–Crippen MR) is 69.9 cm³/mol. The van der Waals surface area contributed by atoms with Gasteiger partial charge in [0.15, 0.2) is 0 Å². The highest BCUT2D eigenvalue weighted by atomic mass is 35.5. The summed E-state index contributed by atoms with van der Waals surface area (Å²) in [5.41, 5.74) is 3.27. The van der Waals surface area contributed by atoms with Gasteiger partial charge in [-0.1, -0.05) is 23.7 Å². The number of rotatable bonds is 4. The highest BCUT2D eigenvalue weighted by Crippen LogP contribution is 2.24. The van der Waals surface area contributed by atoms with E-state index in [1.54, 1.807) is 11.8 Å². The number of halogens is 1. The van der Waals surface area contributed by atoms with E-state index in [0.29, 0.717) is 23.0 Å². The van der Waals surface area contributed by atoms with E-state index in [0.717, 1.165) is 11.3 Å². The summed E-state index contributed by atoms with van der Waals surface area (Å²) in [5.74, 6) is 0. The molecule has 0 aliphatic rings. The minimum atomic E-state index is -0.149. The Morgan fingerprint density at radius 2 is 2.22 bits per heavy atom.